The Labute approximate surface area is 118 Å². The van der Waals surface area contributed by atoms with Crippen LogP contribution in [0.2, 0.25) is 5.02 Å². The zero-order valence-electron chi connectivity index (χ0n) is 10.8. The van der Waals surface area contributed by atoms with Crippen molar-refractivity contribution in [2.24, 2.45) is 0 Å². The summed E-state index contributed by atoms with van der Waals surface area (Å²) in [4.78, 5) is 4.65. The van der Waals surface area contributed by atoms with Gasteiger partial charge in [0.15, 0.2) is 0 Å². The summed E-state index contributed by atoms with van der Waals surface area (Å²) in [6.45, 7) is 4.42. The number of nitrogens with zero attached hydrogens (tertiary/aromatic N) is 2. The van der Waals surface area contributed by atoms with Crippen molar-refractivity contribution in [3.63, 3.8) is 0 Å². The lowest BCUT2D eigenvalue weighted by molar-refractivity contribution is 0.496. The monoisotopic (exact) mass is 284 g/mol. The van der Waals surface area contributed by atoms with E-state index in [-0.39, 0.29) is 0 Å². The Kier molecular flexibility index (Phi) is 4.52. The molecule has 0 aliphatic carbocycles. The Balaban J connectivity index is 2.58. The molecule has 0 amide bonds. The molecule has 98 valence electrons. The fourth-order valence-corrected chi connectivity index (χ4v) is 2.81. The average Bonchev–Trinajstić information content (AvgIpc) is 2.70. The molecule has 2 aromatic rings. The number of benzene rings is 1. The van der Waals surface area contributed by atoms with Gasteiger partial charge in [0.25, 0.3) is 0 Å². The second-order valence-corrected chi connectivity index (χ2v) is 5.37. The van der Waals surface area contributed by atoms with E-state index in [0.29, 0.717) is 16.9 Å². The highest BCUT2D eigenvalue weighted by atomic mass is 35.5. The van der Waals surface area contributed by atoms with Gasteiger partial charge in [0.2, 0.25) is 0 Å². The maximum absolute atomic E-state index is 6.22. The van der Waals surface area contributed by atoms with Crippen LogP contribution in [0.25, 0.3) is 11.0 Å². The normalized spacial score (nSPS) is 13.1. The Morgan fingerprint density at radius 2 is 2.17 bits per heavy atom. The van der Waals surface area contributed by atoms with Crippen molar-refractivity contribution in [2.75, 3.05) is 5.88 Å². The van der Waals surface area contributed by atoms with Crippen LogP contribution in [0.4, 0.5) is 0 Å². The van der Waals surface area contributed by atoms with E-state index in [9.17, 15) is 0 Å². The van der Waals surface area contributed by atoms with E-state index in [1.165, 1.54) is 0 Å². The van der Waals surface area contributed by atoms with Crippen molar-refractivity contribution in [3.05, 3.63) is 29.0 Å². The highest BCUT2D eigenvalue weighted by Gasteiger charge is 2.16. The molecule has 2 nitrogen and oxygen atoms in total. The SMILES string of the molecule is CCCC(C)n1c(CCCl)nc2c(Cl)cccc21. The summed E-state index contributed by atoms with van der Waals surface area (Å²) < 4.78 is 2.28. The molecule has 18 heavy (non-hydrogen) atoms. The molecule has 4 heteroatoms. The minimum Gasteiger partial charge on any atom is -0.325 e. The lowest BCUT2D eigenvalue weighted by Crippen LogP contribution is -2.09. The van der Waals surface area contributed by atoms with Gasteiger partial charge in [-0.15, -0.1) is 11.6 Å². The van der Waals surface area contributed by atoms with Crippen molar-refractivity contribution < 1.29 is 0 Å². The molecule has 2 rings (SSSR count). The van der Waals surface area contributed by atoms with E-state index in [1.807, 2.05) is 12.1 Å². The minimum atomic E-state index is 0.427. The molecule has 0 aliphatic heterocycles. The molecule has 0 bridgehead atoms. The summed E-state index contributed by atoms with van der Waals surface area (Å²) in [6.07, 6.45) is 3.07. The second kappa shape index (κ2) is 5.94. The molecule has 0 radical (unpaired) electrons. The molecular weight excluding hydrogens is 267 g/mol. The zero-order valence-corrected chi connectivity index (χ0v) is 12.3. The van der Waals surface area contributed by atoms with Gasteiger partial charge in [-0.3, -0.25) is 0 Å². The van der Waals surface area contributed by atoms with Crippen LogP contribution in [-0.4, -0.2) is 15.4 Å². The topological polar surface area (TPSA) is 17.8 Å². The molecule has 0 saturated heterocycles. The number of hydrogen-bond acceptors (Lipinski definition) is 1. The predicted octanol–water partition coefficient (Wildman–Crippen LogP) is 4.83. The van der Waals surface area contributed by atoms with Gasteiger partial charge in [-0.2, -0.15) is 0 Å². The lowest BCUT2D eigenvalue weighted by Gasteiger charge is -2.16. The molecule has 1 aromatic carbocycles. The smallest absolute Gasteiger partial charge is 0.111 e. The third-order valence-electron chi connectivity index (χ3n) is 3.21. The molecule has 0 spiro atoms. The standard InChI is InChI=1S/C14H18Cl2N2/c1-3-5-10(2)18-12-7-4-6-11(16)14(12)17-13(18)8-9-15/h4,6-7,10H,3,5,8-9H2,1-2H3. The Morgan fingerprint density at radius 3 is 2.83 bits per heavy atom. The first-order valence-electron chi connectivity index (χ1n) is 6.40. The van der Waals surface area contributed by atoms with E-state index in [1.54, 1.807) is 0 Å². The van der Waals surface area contributed by atoms with E-state index in [2.05, 4.69) is 29.5 Å². The summed E-state index contributed by atoms with van der Waals surface area (Å²) in [7, 11) is 0. The molecule has 0 fully saturated rings. The van der Waals surface area contributed by atoms with Crippen molar-refractivity contribution in [1.82, 2.24) is 9.55 Å². The molecular formula is C14H18Cl2N2. The van der Waals surface area contributed by atoms with Crippen LogP contribution in [-0.2, 0) is 6.42 Å². The van der Waals surface area contributed by atoms with Crippen molar-refractivity contribution >= 4 is 34.2 Å². The quantitative estimate of drug-likeness (QED) is 0.719. The van der Waals surface area contributed by atoms with Crippen molar-refractivity contribution in [3.8, 4) is 0 Å². The zero-order chi connectivity index (χ0) is 13.1. The van der Waals surface area contributed by atoms with E-state index < -0.39 is 0 Å². The molecule has 0 aliphatic rings. The van der Waals surface area contributed by atoms with Crippen LogP contribution in [0, 0.1) is 0 Å². The van der Waals surface area contributed by atoms with Gasteiger partial charge in [0.1, 0.15) is 11.3 Å². The van der Waals surface area contributed by atoms with Crippen LogP contribution >= 0.6 is 23.2 Å². The molecule has 1 heterocycles. The molecule has 0 N–H and O–H groups in total. The van der Waals surface area contributed by atoms with Gasteiger partial charge < -0.3 is 4.57 Å². The number of hydrogen-bond donors (Lipinski definition) is 0. The van der Waals surface area contributed by atoms with Gasteiger partial charge in [-0.05, 0) is 25.5 Å². The molecule has 0 saturated carbocycles. The lowest BCUT2D eigenvalue weighted by atomic mass is 10.2. The minimum absolute atomic E-state index is 0.427. The van der Waals surface area contributed by atoms with Crippen LogP contribution < -0.4 is 0 Å². The molecule has 1 aromatic heterocycles. The number of aryl methyl sites for hydroxylation is 1. The Bertz CT molecular complexity index is 534. The first-order chi connectivity index (χ1) is 8.69. The number of alkyl halides is 1. The van der Waals surface area contributed by atoms with Crippen molar-refractivity contribution in [2.45, 2.75) is 39.2 Å². The number of halogens is 2. The fourth-order valence-electron chi connectivity index (χ4n) is 2.43. The number of para-hydroxylation sites is 1. The Morgan fingerprint density at radius 1 is 1.39 bits per heavy atom. The summed E-state index contributed by atoms with van der Waals surface area (Å²) in [5.41, 5.74) is 2.01. The van der Waals surface area contributed by atoms with E-state index in [4.69, 9.17) is 23.2 Å². The van der Waals surface area contributed by atoms with E-state index in [0.717, 1.165) is 36.1 Å². The fraction of sp³-hybridized carbons (Fsp3) is 0.500. The number of aromatic nitrogens is 2. The highest BCUT2D eigenvalue weighted by molar-refractivity contribution is 6.34. The average molecular weight is 285 g/mol. The van der Waals surface area contributed by atoms with Crippen molar-refractivity contribution in [1.29, 1.82) is 0 Å². The molecule has 1 unspecified atom stereocenters. The van der Waals surface area contributed by atoms with Crippen LogP contribution in [0.5, 0.6) is 0 Å². The summed E-state index contributed by atoms with van der Waals surface area (Å²) in [5.74, 6) is 1.62. The first kappa shape index (κ1) is 13.7. The van der Waals surface area contributed by atoms with E-state index >= 15 is 0 Å². The first-order valence-corrected chi connectivity index (χ1v) is 7.31. The maximum Gasteiger partial charge on any atom is 0.111 e. The van der Waals surface area contributed by atoms with Gasteiger partial charge in [-0.25, -0.2) is 4.98 Å². The second-order valence-electron chi connectivity index (χ2n) is 4.58. The summed E-state index contributed by atoms with van der Waals surface area (Å²) in [5, 5.41) is 0.714. The Hall–Kier alpha value is -0.730. The molecule has 1 atom stereocenters. The van der Waals surface area contributed by atoms with Gasteiger partial charge >= 0.3 is 0 Å². The predicted molar refractivity (Wildman–Crippen MR) is 78.8 cm³/mol. The third kappa shape index (κ3) is 2.50. The van der Waals surface area contributed by atoms with Gasteiger partial charge in [0.05, 0.1) is 10.5 Å². The van der Waals surface area contributed by atoms with Crippen LogP contribution in [0.15, 0.2) is 18.2 Å². The van der Waals surface area contributed by atoms with Gasteiger partial charge in [-0.1, -0.05) is 31.0 Å². The number of imidazole rings is 1. The van der Waals surface area contributed by atoms with Crippen LogP contribution in [0.3, 0.4) is 0 Å². The highest BCUT2D eigenvalue weighted by Crippen LogP contribution is 2.28. The van der Waals surface area contributed by atoms with Gasteiger partial charge in [0, 0.05) is 18.3 Å². The third-order valence-corrected chi connectivity index (χ3v) is 3.70. The maximum atomic E-state index is 6.22. The number of rotatable bonds is 5. The summed E-state index contributed by atoms with van der Waals surface area (Å²) in [6, 6.07) is 6.37. The largest absolute Gasteiger partial charge is 0.325 e. The number of fused-ring (bicyclic) bond motifs is 1. The summed E-state index contributed by atoms with van der Waals surface area (Å²) >= 11 is 12.1. The van der Waals surface area contributed by atoms with Crippen LogP contribution in [0.1, 0.15) is 38.6 Å².